The minimum Gasteiger partial charge on any atom is -0.462 e. The van der Waals surface area contributed by atoms with E-state index in [0.717, 1.165) is 43.1 Å². The third-order valence-corrected chi connectivity index (χ3v) is 13.1. The summed E-state index contributed by atoms with van der Waals surface area (Å²) in [6, 6.07) is 18.8. The zero-order valence-electron chi connectivity index (χ0n) is 28.0. The van der Waals surface area contributed by atoms with Crippen LogP contribution in [-0.4, -0.2) is 44.9 Å². The number of carbonyl (C=O) groups is 3. The maximum atomic E-state index is 13.6. The molecule has 0 aliphatic rings. The molecule has 7 nitrogen and oxygen atoms in total. The first kappa shape index (κ1) is 37.2. The van der Waals surface area contributed by atoms with E-state index >= 15 is 0 Å². The van der Waals surface area contributed by atoms with E-state index in [1.807, 2.05) is 60.7 Å². The van der Waals surface area contributed by atoms with E-state index in [1.165, 1.54) is 6.42 Å². The molecule has 0 saturated carbocycles. The highest BCUT2D eigenvalue weighted by Crippen LogP contribution is 2.38. The fourth-order valence-electron chi connectivity index (χ4n) is 4.73. The molecule has 0 aromatic heterocycles. The van der Waals surface area contributed by atoms with Crippen molar-refractivity contribution in [1.29, 1.82) is 0 Å². The smallest absolute Gasteiger partial charge is 0.407 e. The second-order valence-corrected chi connectivity index (χ2v) is 18.1. The van der Waals surface area contributed by atoms with Crippen LogP contribution in [0.25, 0.3) is 0 Å². The molecule has 0 aliphatic heterocycles. The maximum absolute atomic E-state index is 13.6. The first-order chi connectivity index (χ1) is 20.9. The van der Waals surface area contributed by atoms with E-state index in [2.05, 4.69) is 46.1 Å². The fourth-order valence-corrected chi connectivity index (χ4v) is 6.09. The summed E-state index contributed by atoms with van der Waals surface area (Å²) < 4.78 is 18.4. The number of amides is 1. The van der Waals surface area contributed by atoms with Crippen LogP contribution in [-0.2, 0) is 36.5 Å². The van der Waals surface area contributed by atoms with Crippen molar-refractivity contribution in [2.75, 3.05) is 0 Å². The molecule has 0 bridgehead atoms. The van der Waals surface area contributed by atoms with E-state index in [1.54, 1.807) is 6.92 Å². The van der Waals surface area contributed by atoms with E-state index in [-0.39, 0.29) is 18.1 Å². The molecule has 0 unspecified atom stereocenters. The van der Waals surface area contributed by atoms with Gasteiger partial charge in [-0.1, -0.05) is 121 Å². The number of benzene rings is 2. The highest BCUT2D eigenvalue weighted by atomic mass is 28.4. The Labute approximate surface area is 266 Å². The van der Waals surface area contributed by atoms with Crippen molar-refractivity contribution in [3.8, 4) is 0 Å². The summed E-state index contributed by atoms with van der Waals surface area (Å²) in [4.78, 5) is 38.4. The van der Waals surface area contributed by atoms with Gasteiger partial charge in [0.1, 0.15) is 19.0 Å². The van der Waals surface area contributed by atoms with Crippen LogP contribution in [0.1, 0.15) is 90.7 Å². The van der Waals surface area contributed by atoms with Gasteiger partial charge in [0, 0.05) is 5.92 Å². The van der Waals surface area contributed by atoms with Gasteiger partial charge in [-0.2, -0.15) is 0 Å². The molecule has 8 heteroatoms. The minimum absolute atomic E-state index is 0.0547. The third kappa shape index (κ3) is 13.3. The van der Waals surface area contributed by atoms with Crippen LogP contribution in [0.5, 0.6) is 0 Å². The average Bonchev–Trinajstić information content (AvgIpc) is 2.98. The second-order valence-electron chi connectivity index (χ2n) is 13.3. The van der Waals surface area contributed by atoms with Gasteiger partial charge in [0.2, 0.25) is 0 Å². The molecule has 4 atom stereocenters. The van der Waals surface area contributed by atoms with Crippen molar-refractivity contribution >= 4 is 26.7 Å². The standard InChI is InChI=1S/C36H55NO6Si/c1-8-9-10-11-18-23-32(28(2)26-38)42-34(39)25-33(43-44(6,7)36(3,4)5)31(24-29-19-14-12-15-20-29)37-35(40)41-27-30-21-16-13-17-22-30/h12-17,19-22,26,28,31-33H,8-11,18,23-25,27H2,1-7H3,(H,37,40)/t28-,31-,32+,33+/m0/s1. The van der Waals surface area contributed by atoms with E-state index in [0.29, 0.717) is 12.8 Å². The van der Waals surface area contributed by atoms with Gasteiger partial charge >= 0.3 is 12.1 Å². The number of carbonyl (C=O) groups excluding carboxylic acids is 3. The first-order valence-corrected chi connectivity index (χ1v) is 19.1. The minimum atomic E-state index is -2.40. The Balaban J connectivity index is 2.30. The molecule has 2 aromatic rings. The van der Waals surface area contributed by atoms with Crippen molar-refractivity contribution in [2.45, 2.75) is 129 Å². The molecule has 1 N–H and O–H groups in total. The number of rotatable bonds is 19. The van der Waals surface area contributed by atoms with E-state index < -0.39 is 44.5 Å². The molecule has 2 aromatic carbocycles. The van der Waals surface area contributed by atoms with Crippen molar-refractivity contribution in [3.05, 3.63) is 71.8 Å². The first-order valence-electron chi connectivity index (χ1n) is 16.2. The fraction of sp³-hybridized carbons (Fsp3) is 0.583. The zero-order valence-corrected chi connectivity index (χ0v) is 29.0. The predicted molar refractivity (Wildman–Crippen MR) is 179 cm³/mol. The van der Waals surface area contributed by atoms with Gasteiger partial charge in [-0.15, -0.1) is 0 Å². The molecular weight excluding hydrogens is 570 g/mol. The molecule has 2 rings (SSSR count). The highest BCUT2D eigenvalue weighted by molar-refractivity contribution is 6.74. The molecule has 0 aliphatic carbocycles. The maximum Gasteiger partial charge on any atom is 0.407 e. The van der Waals surface area contributed by atoms with Gasteiger partial charge in [0.05, 0.1) is 18.6 Å². The number of esters is 1. The summed E-state index contributed by atoms with van der Waals surface area (Å²) in [5.74, 6) is -0.838. The van der Waals surface area contributed by atoms with Gasteiger partial charge in [-0.05, 0) is 48.5 Å². The normalized spacial score (nSPS) is 14.6. The number of ether oxygens (including phenoxy) is 2. The number of hydrogen-bond donors (Lipinski definition) is 1. The third-order valence-electron chi connectivity index (χ3n) is 8.56. The zero-order chi connectivity index (χ0) is 32.6. The number of alkyl carbamates (subject to hydrolysis) is 1. The number of nitrogens with one attached hydrogen (secondary N) is 1. The monoisotopic (exact) mass is 625 g/mol. The average molecular weight is 626 g/mol. The highest BCUT2D eigenvalue weighted by Gasteiger charge is 2.42. The predicted octanol–water partition coefficient (Wildman–Crippen LogP) is 8.41. The van der Waals surface area contributed by atoms with Gasteiger partial charge in [-0.3, -0.25) is 4.79 Å². The van der Waals surface area contributed by atoms with Gasteiger partial charge in [0.15, 0.2) is 8.32 Å². The van der Waals surface area contributed by atoms with Crippen molar-refractivity contribution in [2.24, 2.45) is 5.92 Å². The second kappa shape index (κ2) is 18.7. The van der Waals surface area contributed by atoms with Gasteiger partial charge in [0.25, 0.3) is 0 Å². The van der Waals surface area contributed by atoms with Crippen LogP contribution in [0.15, 0.2) is 60.7 Å². The summed E-state index contributed by atoms with van der Waals surface area (Å²) in [6.07, 6.45) is 5.53. The topological polar surface area (TPSA) is 90.9 Å². The Morgan fingerprint density at radius 1 is 0.886 bits per heavy atom. The van der Waals surface area contributed by atoms with Gasteiger partial charge in [-0.25, -0.2) is 4.79 Å². The van der Waals surface area contributed by atoms with E-state index in [4.69, 9.17) is 13.9 Å². The molecule has 244 valence electrons. The molecule has 44 heavy (non-hydrogen) atoms. The van der Waals surface area contributed by atoms with Crippen LogP contribution in [0.2, 0.25) is 18.1 Å². The Morgan fingerprint density at radius 3 is 2.05 bits per heavy atom. The Kier molecular flexibility index (Phi) is 15.9. The quantitative estimate of drug-likeness (QED) is 0.0730. The van der Waals surface area contributed by atoms with Crippen LogP contribution >= 0.6 is 0 Å². The van der Waals surface area contributed by atoms with Crippen LogP contribution in [0, 0.1) is 5.92 Å². The Hall–Kier alpha value is -2.97. The molecule has 0 heterocycles. The van der Waals surface area contributed by atoms with Crippen molar-refractivity contribution in [1.82, 2.24) is 5.32 Å². The molecular formula is C36H55NO6Si. The van der Waals surface area contributed by atoms with Crippen LogP contribution < -0.4 is 5.32 Å². The number of unbranched alkanes of at least 4 members (excludes halogenated alkanes) is 4. The van der Waals surface area contributed by atoms with Crippen LogP contribution in [0.3, 0.4) is 0 Å². The number of aldehydes is 1. The lowest BCUT2D eigenvalue weighted by molar-refractivity contribution is -0.154. The lowest BCUT2D eigenvalue weighted by Gasteiger charge is -2.41. The Morgan fingerprint density at radius 2 is 1.48 bits per heavy atom. The lowest BCUT2D eigenvalue weighted by Crippen LogP contribution is -2.53. The number of hydrogen-bond acceptors (Lipinski definition) is 6. The summed E-state index contributed by atoms with van der Waals surface area (Å²) >= 11 is 0. The van der Waals surface area contributed by atoms with Gasteiger partial charge < -0.3 is 24.0 Å². The Bertz CT molecular complexity index is 1120. The molecule has 0 fully saturated rings. The van der Waals surface area contributed by atoms with Crippen molar-refractivity contribution < 1.29 is 28.3 Å². The largest absolute Gasteiger partial charge is 0.462 e. The summed E-state index contributed by atoms with van der Waals surface area (Å²) in [7, 11) is -2.40. The van der Waals surface area contributed by atoms with Crippen LogP contribution in [0.4, 0.5) is 4.79 Å². The van der Waals surface area contributed by atoms with E-state index in [9.17, 15) is 14.4 Å². The summed E-state index contributed by atoms with van der Waals surface area (Å²) in [5.41, 5.74) is 1.88. The summed E-state index contributed by atoms with van der Waals surface area (Å²) in [5, 5.41) is 2.90. The summed E-state index contributed by atoms with van der Waals surface area (Å²) in [6.45, 7) is 14.8. The van der Waals surface area contributed by atoms with Crippen molar-refractivity contribution in [3.63, 3.8) is 0 Å². The molecule has 0 radical (unpaired) electrons. The molecule has 1 amide bonds. The molecule has 0 spiro atoms. The lowest BCUT2D eigenvalue weighted by atomic mass is 9.98. The SMILES string of the molecule is CCCCCCC[C@@H](OC(=O)C[C@@H](O[Si](C)(C)C(C)(C)C)[C@H](Cc1ccccc1)NC(=O)OCc1ccccc1)[C@@H](C)C=O. The molecule has 0 saturated heterocycles.